The first-order valence-corrected chi connectivity index (χ1v) is 6.36. The predicted molar refractivity (Wildman–Crippen MR) is 64.4 cm³/mol. The molecule has 1 aliphatic heterocycles. The average Bonchev–Trinajstić information content (AvgIpc) is 2.30. The number of carbonyl (C=O) groups excluding carboxylic acids is 1. The van der Waals surface area contributed by atoms with Gasteiger partial charge in [0.05, 0.1) is 6.61 Å². The number of carbonyl (C=O) groups is 1. The summed E-state index contributed by atoms with van der Waals surface area (Å²) >= 11 is 0. The van der Waals surface area contributed by atoms with Crippen molar-refractivity contribution in [3.63, 3.8) is 0 Å². The van der Waals surface area contributed by atoms with Crippen molar-refractivity contribution in [1.82, 2.24) is 10.2 Å². The van der Waals surface area contributed by atoms with Crippen molar-refractivity contribution in [3.8, 4) is 0 Å². The number of piperidine rings is 1. The topological polar surface area (TPSA) is 41.6 Å². The van der Waals surface area contributed by atoms with Crippen LogP contribution in [-0.2, 0) is 9.53 Å². The molecule has 1 saturated heterocycles. The molecular formula is C12H24N2O2. The Bertz CT molecular complexity index is 203. The number of hydrogen-bond acceptors (Lipinski definition) is 4. The lowest BCUT2D eigenvalue weighted by Gasteiger charge is -2.26. The molecule has 1 heterocycles. The van der Waals surface area contributed by atoms with Crippen molar-refractivity contribution in [2.45, 2.75) is 39.2 Å². The quantitative estimate of drug-likeness (QED) is 0.689. The molecule has 0 bridgehead atoms. The number of nitrogens with zero attached hydrogens (tertiary/aromatic N) is 1. The van der Waals surface area contributed by atoms with Gasteiger partial charge in [-0.15, -0.1) is 0 Å². The maximum Gasteiger partial charge on any atom is 0.322 e. The molecule has 0 aromatic heterocycles. The van der Waals surface area contributed by atoms with E-state index < -0.39 is 0 Å². The van der Waals surface area contributed by atoms with Crippen molar-refractivity contribution >= 4 is 5.97 Å². The van der Waals surface area contributed by atoms with Gasteiger partial charge in [0.1, 0.15) is 6.04 Å². The first-order chi connectivity index (χ1) is 7.74. The van der Waals surface area contributed by atoms with Gasteiger partial charge in [0, 0.05) is 13.1 Å². The Hall–Kier alpha value is -0.610. The van der Waals surface area contributed by atoms with Gasteiger partial charge in [0.25, 0.3) is 0 Å². The van der Waals surface area contributed by atoms with Gasteiger partial charge in [-0.2, -0.15) is 0 Å². The van der Waals surface area contributed by atoms with Gasteiger partial charge in [-0.3, -0.25) is 4.79 Å². The molecule has 0 aliphatic carbocycles. The second kappa shape index (κ2) is 7.63. The number of esters is 1. The van der Waals surface area contributed by atoms with Crippen LogP contribution in [0, 0.1) is 0 Å². The molecule has 1 atom stereocenters. The molecule has 0 radical (unpaired) electrons. The molecule has 16 heavy (non-hydrogen) atoms. The van der Waals surface area contributed by atoms with Crippen molar-refractivity contribution in [1.29, 1.82) is 0 Å². The lowest BCUT2D eigenvalue weighted by molar-refractivity contribution is -0.145. The summed E-state index contributed by atoms with van der Waals surface area (Å²) < 4.78 is 4.93. The molecule has 0 aromatic rings. The summed E-state index contributed by atoms with van der Waals surface area (Å²) in [5.74, 6) is -0.152. The highest BCUT2D eigenvalue weighted by atomic mass is 16.5. The fraction of sp³-hybridized carbons (Fsp3) is 0.917. The Morgan fingerprint density at radius 1 is 1.38 bits per heavy atom. The van der Waals surface area contributed by atoms with Crippen LogP contribution in [0.1, 0.15) is 33.1 Å². The number of hydrogen-bond donors (Lipinski definition) is 1. The summed E-state index contributed by atoms with van der Waals surface area (Å²) in [5, 5.41) is 3.20. The van der Waals surface area contributed by atoms with E-state index in [4.69, 9.17) is 4.74 Å². The van der Waals surface area contributed by atoms with Crippen LogP contribution in [0.5, 0.6) is 0 Å². The third-order valence-electron chi connectivity index (χ3n) is 2.97. The van der Waals surface area contributed by atoms with Crippen LogP contribution in [0.25, 0.3) is 0 Å². The van der Waals surface area contributed by atoms with E-state index in [1.54, 1.807) is 0 Å². The van der Waals surface area contributed by atoms with Crippen LogP contribution in [0.15, 0.2) is 0 Å². The summed E-state index contributed by atoms with van der Waals surface area (Å²) in [6, 6.07) is -0.190. The van der Waals surface area contributed by atoms with E-state index in [9.17, 15) is 4.79 Å². The molecule has 1 rings (SSSR count). The molecule has 0 amide bonds. The number of likely N-dealkylation sites (tertiary alicyclic amines) is 1. The second-order valence-corrected chi connectivity index (χ2v) is 4.33. The van der Waals surface area contributed by atoms with Crippen molar-refractivity contribution in [2.75, 3.05) is 32.8 Å². The van der Waals surface area contributed by atoms with Gasteiger partial charge >= 0.3 is 5.97 Å². The molecule has 1 aliphatic rings. The third kappa shape index (κ3) is 4.94. The Balaban J connectivity index is 2.07. The Labute approximate surface area is 98.3 Å². The zero-order chi connectivity index (χ0) is 11.8. The van der Waals surface area contributed by atoms with Gasteiger partial charge < -0.3 is 15.0 Å². The van der Waals surface area contributed by atoms with E-state index in [-0.39, 0.29) is 12.0 Å². The van der Waals surface area contributed by atoms with E-state index in [0.717, 1.165) is 13.1 Å². The van der Waals surface area contributed by atoms with E-state index in [1.807, 2.05) is 13.8 Å². The maximum atomic E-state index is 11.3. The number of ether oxygens (including phenoxy) is 1. The third-order valence-corrected chi connectivity index (χ3v) is 2.97. The smallest absolute Gasteiger partial charge is 0.322 e. The minimum atomic E-state index is -0.190. The monoisotopic (exact) mass is 228 g/mol. The Kier molecular flexibility index (Phi) is 6.42. The Morgan fingerprint density at radius 3 is 2.69 bits per heavy atom. The first-order valence-electron chi connectivity index (χ1n) is 6.36. The lowest BCUT2D eigenvalue weighted by atomic mass is 10.1. The molecule has 1 fully saturated rings. The average molecular weight is 228 g/mol. The molecule has 4 nitrogen and oxygen atoms in total. The summed E-state index contributed by atoms with van der Waals surface area (Å²) in [6.45, 7) is 8.44. The Morgan fingerprint density at radius 2 is 2.06 bits per heavy atom. The maximum absolute atomic E-state index is 11.3. The summed E-state index contributed by atoms with van der Waals surface area (Å²) in [5.41, 5.74) is 0. The number of rotatable bonds is 6. The van der Waals surface area contributed by atoms with Crippen LogP contribution >= 0.6 is 0 Å². The molecule has 4 heteroatoms. The molecule has 1 unspecified atom stereocenters. The minimum Gasteiger partial charge on any atom is -0.465 e. The van der Waals surface area contributed by atoms with Gasteiger partial charge in [-0.1, -0.05) is 6.42 Å². The van der Waals surface area contributed by atoms with Crippen LogP contribution in [0.2, 0.25) is 0 Å². The molecular weight excluding hydrogens is 204 g/mol. The first kappa shape index (κ1) is 13.5. The van der Waals surface area contributed by atoms with Crippen LogP contribution < -0.4 is 5.32 Å². The fourth-order valence-corrected chi connectivity index (χ4v) is 1.97. The molecule has 0 aromatic carbocycles. The molecule has 0 spiro atoms. The summed E-state index contributed by atoms with van der Waals surface area (Å²) in [7, 11) is 0. The normalized spacial score (nSPS) is 19.4. The van der Waals surface area contributed by atoms with Crippen molar-refractivity contribution < 1.29 is 9.53 Å². The van der Waals surface area contributed by atoms with Gasteiger partial charge in [0.15, 0.2) is 0 Å². The van der Waals surface area contributed by atoms with E-state index in [1.165, 1.54) is 32.4 Å². The van der Waals surface area contributed by atoms with E-state index >= 15 is 0 Å². The predicted octanol–water partition coefficient (Wildman–Crippen LogP) is 1.01. The van der Waals surface area contributed by atoms with Gasteiger partial charge in [-0.25, -0.2) is 0 Å². The summed E-state index contributed by atoms with van der Waals surface area (Å²) in [6.07, 6.45) is 3.99. The highest BCUT2D eigenvalue weighted by molar-refractivity contribution is 5.75. The van der Waals surface area contributed by atoms with Crippen LogP contribution in [-0.4, -0.2) is 49.7 Å². The zero-order valence-electron chi connectivity index (χ0n) is 10.5. The lowest BCUT2D eigenvalue weighted by Crippen LogP contribution is -2.41. The largest absolute Gasteiger partial charge is 0.465 e. The highest BCUT2D eigenvalue weighted by Gasteiger charge is 2.14. The summed E-state index contributed by atoms with van der Waals surface area (Å²) in [4.78, 5) is 13.8. The van der Waals surface area contributed by atoms with Crippen LogP contribution in [0.4, 0.5) is 0 Å². The van der Waals surface area contributed by atoms with Crippen molar-refractivity contribution in [3.05, 3.63) is 0 Å². The second-order valence-electron chi connectivity index (χ2n) is 4.33. The highest BCUT2D eigenvalue weighted by Crippen LogP contribution is 2.07. The molecule has 0 saturated carbocycles. The SMILES string of the molecule is CCOC(=O)C(C)NCCN1CCCCC1. The standard InChI is InChI=1S/C12H24N2O2/c1-3-16-12(15)11(2)13-7-10-14-8-5-4-6-9-14/h11,13H,3-10H2,1-2H3. The van der Waals surface area contributed by atoms with Crippen LogP contribution in [0.3, 0.4) is 0 Å². The van der Waals surface area contributed by atoms with Crippen molar-refractivity contribution in [2.24, 2.45) is 0 Å². The van der Waals surface area contributed by atoms with E-state index in [2.05, 4.69) is 10.2 Å². The molecule has 94 valence electrons. The zero-order valence-corrected chi connectivity index (χ0v) is 10.5. The fourth-order valence-electron chi connectivity index (χ4n) is 1.97. The van der Waals surface area contributed by atoms with Gasteiger partial charge in [0.2, 0.25) is 0 Å². The van der Waals surface area contributed by atoms with Gasteiger partial charge in [-0.05, 0) is 39.8 Å². The number of nitrogens with one attached hydrogen (secondary N) is 1. The molecule has 1 N–H and O–H groups in total. The minimum absolute atomic E-state index is 0.152. The van der Waals surface area contributed by atoms with E-state index in [0.29, 0.717) is 6.61 Å².